The van der Waals surface area contributed by atoms with Crippen LogP contribution in [0.15, 0.2) is 61.0 Å². The standard InChI is InChI=1S/C28H33N7O17P2/c29-22-17-24(32-11-31-22)35(12-33-17)26-20(39)21(40)28(50-26,51-27(42)14-5-1-2-6-15(14)36)10-48-54(45,46)52-53(43,44)47-9-16-18(37)19(38)25(49-16)34-7-3-4-13(8-34)23(30)41/h1-3,5-8,11-12,16,18-21,25-26,36-40H,4,9-10H2,(H2,30,41)(H,43,44)(H,45,46)(H2,29,31,32)/t16-,18-,19-,20-,21+,25-,26-,28-/m1/s1. The molecule has 1 amide bonds. The quantitative estimate of drug-likeness (QED) is 0.0680. The predicted octanol–water partition coefficient (Wildman–Crippen LogP) is -1.80. The molecule has 54 heavy (non-hydrogen) atoms. The number of aromatic hydroxyl groups is 1. The number of para-hydroxylation sites is 1. The molecular formula is C28H33N7O17P2. The molecule has 0 aliphatic carbocycles. The number of amides is 1. The van der Waals surface area contributed by atoms with E-state index in [9.17, 15) is 54.0 Å². The number of aromatic nitrogens is 4. The van der Waals surface area contributed by atoms with Crippen LogP contribution in [0.4, 0.5) is 5.82 Å². The molecule has 2 saturated heterocycles. The van der Waals surface area contributed by atoms with E-state index in [1.54, 1.807) is 0 Å². The molecule has 0 radical (unpaired) electrons. The van der Waals surface area contributed by atoms with Crippen molar-refractivity contribution < 1.29 is 81.6 Å². The van der Waals surface area contributed by atoms with Crippen LogP contribution in [-0.4, -0.2) is 127 Å². The number of imidazole rings is 1. The number of phosphoric ester groups is 2. The summed E-state index contributed by atoms with van der Waals surface area (Å²) in [4.78, 5) is 58.6. The zero-order valence-corrected chi connectivity index (χ0v) is 29.1. The molecule has 10 atom stereocenters. The number of hydrogen-bond acceptors (Lipinski definition) is 20. The van der Waals surface area contributed by atoms with Crippen molar-refractivity contribution in [1.82, 2.24) is 24.4 Å². The number of aliphatic hydroxyl groups is 4. The van der Waals surface area contributed by atoms with E-state index in [0.29, 0.717) is 0 Å². The van der Waals surface area contributed by atoms with E-state index >= 15 is 0 Å². The lowest BCUT2D eigenvalue weighted by atomic mass is 10.1. The predicted molar refractivity (Wildman–Crippen MR) is 174 cm³/mol. The Kier molecular flexibility index (Phi) is 10.9. The Bertz CT molecular complexity index is 2080. The zero-order valence-electron chi connectivity index (χ0n) is 27.4. The molecular weight excluding hydrogens is 768 g/mol. The number of esters is 1. The van der Waals surface area contributed by atoms with Crippen LogP contribution < -0.4 is 11.5 Å². The maximum absolute atomic E-state index is 13.2. The van der Waals surface area contributed by atoms with Crippen molar-refractivity contribution in [3.63, 3.8) is 0 Å². The molecule has 2 aromatic heterocycles. The number of fused-ring (bicyclic) bond motifs is 1. The number of carbonyl (C=O) groups is 2. The average molecular weight is 802 g/mol. The van der Waals surface area contributed by atoms with Gasteiger partial charge in [0.15, 0.2) is 30.0 Å². The van der Waals surface area contributed by atoms with Gasteiger partial charge in [-0.05, 0) is 18.6 Å². The van der Waals surface area contributed by atoms with Gasteiger partial charge in [0.2, 0.25) is 5.91 Å². The SMILES string of the molecule is NC(=O)C1=CN([C@@H]2O[C@H](COP(=O)(O)OP(=O)(O)OC[C@]3(OC(=O)c4ccccc4O)O[C@@H](n4cnc5c(N)ncnc54)[C@H](O)[C@@H]3O)[C@@H](O)[C@H]2O)C=CC1. The van der Waals surface area contributed by atoms with Crippen molar-refractivity contribution in [2.75, 3.05) is 18.9 Å². The Morgan fingerprint density at radius 2 is 1.72 bits per heavy atom. The molecule has 5 heterocycles. The van der Waals surface area contributed by atoms with Gasteiger partial charge >= 0.3 is 21.6 Å². The van der Waals surface area contributed by atoms with Crippen LogP contribution in [0.1, 0.15) is 23.0 Å². The summed E-state index contributed by atoms with van der Waals surface area (Å²) in [5, 5.41) is 53.4. The van der Waals surface area contributed by atoms with E-state index in [1.807, 2.05) is 0 Å². The van der Waals surface area contributed by atoms with Gasteiger partial charge in [-0.2, -0.15) is 4.31 Å². The Balaban J connectivity index is 1.17. The van der Waals surface area contributed by atoms with Crippen molar-refractivity contribution in [3.05, 3.63) is 66.5 Å². The fourth-order valence-corrected chi connectivity index (χ4v) is 7.76. The number of hydrogen-bond donors (Lipinski definition) is 9. The van der Waals surface area contributed by atoms with E-state index < -0.39 is 101 Å². The minimum Gasteiger partial charge on any atom is -0.507 e. The van der Waals surface area contributed by atoms with Gasteiger partial charge in [0, 0.05) is 18.0 Å². The van der Waals surface area contributed by atoms with Crippen LogP contribution in [0.3, 0.4) is 0 Å². The Labute approximate surface area is 302 Å². The van der Waals surface area contributed by atoms with E-state index in [4.69, 9.17) is 34.7 Å². The van der Waals surface area contributed by atoms with Gasteiger partial charge in [-0.15, -0.1) is 0 Å². The van der Waals surface area contributed by atoms with Crippen LogP contribution in [0.5, 0.6) is 5.75 Å². The molecule has 3 aromatic rings. The van der Waals surface area contributed by atoms with Gasteiger partial charge in [0.05, 0.1) is 12.9 Å². The highest BCUT2D eigenvalue weighted by molar-refractivity contribution is 7.61. The summed E-state index contributed by atoms with van der Waals surface area (Å²) in [5.41, 5.74) is 10.8. The average Bonchev–Trinajstić information content (AvgIpc) is 3.75. The first-order valence-electron chi connectivity index (χ1n) is 15.5. The summed E-state index contributed by atoms with van der Waals surface area (Å²) in [6, 6.07) is 4.96. The van der Waals surface area contributed by atoms with E-state index in [0.717, 1.165) is 29.4 Å². The van der Waals surface area contributed by atoms with Gasteiger partial charge in [-0.1, -0.05) is 18.2 Å². The number of phosphoric acid groups is 2. The normalized spacial score (nSPS) is 30.5. The van der Waals surface area contributed by atoms with Crippen molar-refractivity contribution in [1.29, 1.82) is 0 Å². The van der Waals surface area contributed by atoms with Crippen LogP contribution in [-0.2, 0) is 41.5 Å². The number of allylic oxidation sites excluding steroid dienone is 1. The number of ether oxygens (including phenoxy) is 3. The van der Waals surface area contributed by atoms with E-state index in [-0.39, 0.29) is 29.0 Å². The molecule has 3 aliphatic rings. The molecule has 11 N–H and O–H groups in total. The third-order valence-electron chi connectivity index (χ3n) is 8.34. The highest BCUT2D eigenvalue weighted by atomic mass is 31.3. The molecule has 1 aromatic carbocycles. The number of primary amides is 1. The van der Waals surface area contributed by atoms with Crippen molar-refractivity contribution in [2.45, 2.75) is 55.2 Å². The molecule has 0 saturated carbocycles. The molecule has 24 nitrogen and oxygen atoms in total. The van der Waals surface area contributed by atoms with Gasteiger partial charge in [0.1, 0.15) is 54.2 Å². The Morgan fingerprint density at radius 1 is 1.00 bits per heavy atom. The number of nitrogens with zero attached hydrogens (tertiary/aromatic N) is 5. The lowest BCUT2D eigenvalue weighted by Gasteiger charge is -2.31. The number of carbonyl (C=O) groups excluding carboxylic acids is 2. The summed E-state index contributed by atoms with van der Waals surface area (Å²) >= 11 is 0. The second-order valence-corrected chi connectivity index (χ2v) is 15.0. The Hall–Kier alpha value is -4.39. The number of nitrogens with two attached hydrogens (primary N) is 2. The zero-order chi connectivity index (χ0) is 39.2. The second-order valence-electron chi connectivity index (χ2n) is 11.9. The lowest BCUT2D eigenvalue weighted by molar-refractivity contribution is -0.250. The minimum absolute atomic E-state index is 0.0218. The molecule has 0 spiro atoms. The maximum Gasteiger partial charge on any atom is 0.481 e. The molecule has 6 rings (SSSR count). The minimum atomic E-state index is -5.77. The number of aliphatic hydroxyl groups excluding tert-OH is 4. The number of rotatable bonds is 13. The summed E-state index contributed by atoms with van der Waals surface area (Å²) in [6.45, 7) is -2.47. The number of benzene rings is 1. The third kappa shape index (κ3) is 7.87. The van der Waals surface area contributed by atoms with Crippen molar-refractivity contribution >= 4 is 44.5 Å². The summed E-state index contributed by atoms with van der Waals surface area (Å²) < 4.78 is 57.4. The number of phenolic OH excluding ortho intramolecular Hbond substituents is 1. The highest BCUT2D eigenvalue weighted by Gasteiger charge is 2.60. The fraction of sp³-hybridized carbons (Fsp3) is 0.393. The largest absolute Gasteiger partial charge is 0.507 e. The number of anilines is 1. The molecule has 2 unspecified atom stereocenters. The molecule has 26 heteroatoms. The third-order valence-corrected chi connectivity index (χ3v) is 10.9. The van der Waals surface area contributed by atoms with E-state index in [1.165, 1.54) is 35.5 Å². The van der Waals surface area contributed by atoms with Crippen LogP contribution in [0, 0.1) is 0 Å². The molecule has 292 valence electrons. The van der Waals surface area contributed by atoms with Gasteiger partial charge < -0.3 is 65.9 Å². The first-order valence-corrected chi connectivity index (χ1v) is 18.5. The van der Waals surface area contributed by atoms with Crippen LogP contribution in [0.25, 0.3) is 11.2 Å². The number of phenols is 1. The molecule has 0 bridgehead atoms. The molecule has 3 aliphatic heterocycles. The monoisotopic (exact) mass is 801 g/mol. The second kappa shape index (κ2) is 15.0. The first kappa shape index (κ1) is 39.3. The van der Waals surface area contributed by atoms with Crippen molar-refractivity contribution in [3.8, 4) is 5.75 Å². The Morgan fingerprint density at radius 3 is 2.44 bits per heavy atom. The maximum atomic E-state index is 13.2. The van der Waals surface area contributed by atoms with Gasteiger partial charge in [0.25, 0.3) is 5.79 Å². The van der Waals surface area contributed by atoms with Crippen LogP contribution >= 0.6 is 15.6 Å². The van der Waals surface area contributed by atoms with Gasteiger partial charge in [-0.3, -0.25) is 18.4 Å². The topological polar surface area (TPSA) is 364 Å². The van der Waals surface area contributed by atoms with Crippen molar-refractivity contribution in [2.24, 2.45) is 5.73 Å². The highest BCUT2D eigenvalue weighted by Crippen LogP contribution is 2.61. The first-order chi connectivity index (χ1) is 25.4. The lowest BCUT2D eigenvalue weighted by Crippen LogP contribution is -2.50. The smallest absolute Gasteiger partial charge is 0.481 e. The summed E-state index contributed by atoms with van der Waals surface area (Å²) in [7, 11) is -11.4. The van der Waals surface area contributed by atoms with Gasteiger partial charge in [-0.25, -0.2) is 28.9 Å². The summed E-state index contributed by atoms with van der Waals surface area (Å²) in [5.74, 6) is -5.68. The molecule has 2 fully saturated rings. The summed E-state index contributed by atoms with van der Waals surface area (Å²) in [6.07, 6.45) is -5.67. The van der Waals surface area contributed by atoms with E-state index in [2.05, 4.69) is 19.3 Å². The van der Waals surface area contributed by atoms with Crippen LogP contribution in [0.2, 0.25) is 0 Å². The number of nitrogen functional groups attached to an aromatic ring is 1. The fourth-order valence-electron chi connectivity index (χ4n) is 5.66.